The van der Waals surface area contributed by atoms with Crippen LogP contribution in [0.15, 0.2) is 28.1 Å². The topological polar surface area (TPSA) is 17.1 Å². The minimum atomic E-state index is -0.347. The Bertz CT molecular complexity index is 445. The number of thioether (sulfide) groups is 4. The highest BCUT2D eigenvalue weighted by Crippen LogP contribution is 2.59. The zero-order valence-corrected chi connectivity index (χ0v) is 12.9. The first-order valence-corrected chi connectivity index (χ1v) is 8.17. The van der Waals surface area contributed by atoms with Crippen molar-refractivity contribution in [3.63, 3.8) is 0 Å². The van der Waals surface area contributed by atoms with Crippen molar-refractivity contribution in [2.75, 3.05) is 0 Å². The van der Waals surface area contributed by atoms with E-state index in [4.69, 9.17) is 11.6 Å². The first kappa shape index (κ1) is 13.0. The summed E-state index contributed by atoms with van der Waals surface area (Å²) >= 11 is 12.3. The van der Waals surface area contributed by atoms with Gasteiger partial charge >= 0.3 is 0 Å². The average molecular weight is 309 g/mol. The van der Waals surface area contributed by atoms with E-state index in [1.54, 1.807) is 35.3 Å². The first-order valence-electron chi connectivity index (χ1n) is 4.53. The molecule has 0 unspecified atom stereocenters. The lowest BCUT2D eigenvalue weighted by molar-refractivity contribution is -0.107. The lowest BCUT2D eigenvalue weighted by Gasteiger charge is -2.00. The molecule has 6 heteroatoms. The van der Waals surface area contributed by atoms with Gasteiger partial charge in [-0.15, -0.1) is 0 Å². The molecule has 0 amide bonds. The van der Waals surface area contributed by atoms with Gasteiger partial charge in [0, 0.05) is 4.91 Å². The minimum Gasteiger partial charge on any atom is -0.275 e. The molecule has 0 atom stereocenters. The minimum absolute atomic E-state index is 0.347. The molecule has 16 heavy (non-hydrogen) atoms. The van der Waals surface area contributed by atoms with Crippen LogP contribution in [0.2, 0.25) is 0 Å². The second-order valence-electron chi connectivity index (χ2n) is 3.25. The molecule has 2 aliphatic heterocycles. The summed E-state index contributed by atoms with van der Waals surface area (Å²) in [5.41, 5.74) is 0. The van der Waals surface area contributed by atoms with E-state index >= 15 is 0 Å². The van der Waals surface area contributed by atoms with Gasteiger partial charge < -0.3 is 0 Å². The summed E-state index contributed by atoms with van der Waals surface area (Å²) in [6.07, 6.45) is 0. The van der Waals surface area contributed by atoms with E-state index in [9.17, 15) is 4.79 Å². The molecule has 0 radical (unpaired) electrons. The van der Waals surface area contributed by atoms with Gasteiger partial charge in [0.1, 0.15) is 0 Å². The normalized spacial score (nSPS) is 21.5. The number of halogens is 1. The monoisotopic (exact) mass is 308 g/mol. The lowest BCUT2D eigenvalue weighted by Crippen LogP contribution is -1.85. The van der Waals surface area contributed by atoms with Gasteiger partial charge in [-0.25, -0.2) is 0 Å². The highest BCUT2D eigenvalue weighted by Gasteiger charge is 2.28. The Morgan fingerprint density at radius 3 is 1.75 bits per heavy atom. The van der Waals surface area contributed by atoms with Crippen LogP contribution in [0.4, 0.5) is 0 Å². The van der Waals surface area contributed by atoms with Crippen LogP contribution >= 0.6 is 58.6 Å². The predicted octanol–water partition coefficient (Wildman–Crippen LogP) is 5.32. The van der Waals surface area contributed by atoms with Gasteiger partial charge in [0.25, 0.3) is 5.24 Å². The van der Waals surface area contributed by atoms with Crippen molar-refractivity contribution in [1.82, 2.24) is 0 Å². The largest absolute Gasteiger partial charge is 0.275 e. The SMILES string of the molecule is CC1=C(C)SC(=C2SC(C)=C(C(=O)Cl)S2)S1. The van der Waals surface area contributed by atoms with Gasteiger partial charge in [0.15, 0.2) is 0 Å². The standard InChI is InChI=1S/C10H9ClOS4/c1-4-5(2)14-9(13-4)10-15-6(3)7(16-10)8(11)12/h1-3H3. The molecule has 0 spiro atoms. The van der Waals surface area contributed by atoms with Crippen LogP contribution in [0, 0.1) is 0 Å². The molecule has 0 aromatic rings. The Kier molecular flexibility index (Phi) is 4.12. The van der Waals surface area contributed by atoms with E-state index in [-0.39, 0.29) is 5.24 Å². The summed E-state index contributed by atoms with van der Waals surface area (Å²) in [5, 5.41) is -0.347. The molecular weight excluding hydrogens is 300 g/mol. The first-order chi connectivity index (χ1) is 7.49. The fourth-order valence-corrected chi connectivity index (χ4v) is 6.73. The summed E-state index contributed by atoms with van der Waals surface area (Å²) in [7, 11) is 0. The van der Waals surface area contributed by atoms with Crippen LogP contribution in [0.5, 0.6) is 0 Å². The Morgan fingerprint density at radius 2 is 1.31 bits per heavy atom. The third-order valence-corrected chi connectivity index (χ3v) is 8.16. The zero-order chi connectivity index (χ0) is 11.9. The lowest BCUT2D eigenvalue weighted by atomic mass is 10.5. The van der Waals surface area contributed by atoms with Gasteiger partial charge in [-0.3, -0.25) is 4.79 Å². The van der Waals surface area contributed by atoms with E-state index in [2.05, 4.69) is 13.8 Å². The predicted molar refractivity (Wildman–Crippen MR) is 79.3 cm³/mol. The Morgan fingerprint density at radius 1 is 0.875 bits per heavy atom. The van der Waals surface area contributed by atoms with E-state index in [1.165, 1.54) is 30.0 Å². The number of allylic oxidation sites excluding steroid dienone is 4. The molecule has 0 saturated carbocycles. The van der Waals surface area contributed by atoms with Crippen molar-refractivity contribution >= 4 is 63.9 Å². The molecule has 0 N–H and O–H groups in total. The molecule has 86 valence electrons. The Hall–Kier alpha value is 0.580. The summed E-state index contributed by atoms with van der Waals surface area (Å²) in [6.45, 7) is 6.19. The zero-order valence-electron chi connectivity index (χ0n) is 8.92. The molecule has 0 saturated heterocycles. The van der Waals surface area contributed by atoms with Crippen LogP contribution in [0.3, 0.4) is 0 Å². The number of carbonyl (C=O) groups is 1. The summed E-state index contributed by atoms with van der Waals surface area (Å²) in [4.78, 5) is 15.5. The van der Waals surface area contributed by atoms with Crippen molar-refractivity contribution in [2.24, 2.45) is 0 Å². The number of hydrogen-bond acceptors (Lipinski definition) is 5. The average Bonchev–Trinajstić information content (AvgIpc) is 2.71. The molecule has 1 nitrogen and oxygen atoms in total. The fraction of sp³-hybridized carbons (Fsp3) is 0.300. The summed E-state index contributed by atoms with van der Waals surface area (Å²) in [5.74, 6) is 0. The van der Waals surface area contributed by atoms with Crippen molar-refractivity contribution in [2.45, 2.75) is 20.8 Å². The quantitative estimate of drug-likeness (QED) is 0.608. The molecule has 0 aromatic carbocycles. The van der Waals surface area contributed by atoms with Gasteiger partial charge in [-0.05, 0) is 42.2 Å². The van der Waals surface area contributed by atoms with E-state index < -0.39 is 0 Å². The highest BCUT2D eigenvalue weighted by molar-refractivity contribution is 8.34. The molecule has 0 bridgehead atoms. The van der Waals surface area contributed by atoms with Gasteiger partial charge in [0.05, 0.1) is 13.4 Å². The van der Waals surface area contributed by atoms with Crippen molar-refractivity contribution in [3.05, 3.63) is 28.1 Å². The second kappa shape index (κ2) is 5.06. The second-order valence-corrected chi connectivity index (χ2v) is 8.81. The van der Waals surface area contributed by atoms with E-state index in [1.807, 2.05) is 6.92 Å². The molecule has 0 aliphatic carbocycles. The molecular formula is C10H9ClOS4. The van der Waals surface area contributed by atoms with Crippen molar-refractivity contribution in [3.8, 4) is 0 Å². The van der Waals surface area contributed by atoms with Gasteiger partial charge in [-0.2, -0.15) is 0 Å². The summed E-state index contributed by atoms with van der Waals surface area (Å²) in [6, 6.07) is 0. The van der Waals surface area contributed by atoms with E-state index in [0.717, 1.165) is 4.91 Å². The number of hydrogen-bond donors (Lipinski definition) is 0. The molecule has 2 rings (SSSR count). The number of rotatable bonds is 1. The van der Waals surface area contributed by atoms with Crippen molar-refractivity contribution < 1.29 is 4.79 Å². The molecule has 2 aliphatic rings. The van der Waals surface area contributed by atoms with Crippen LogP contribution in [-0.4, -0.2) is 5.24 Å². The van der Waals surface area contributed by atoms with Crippen LogP contribution in [0.25, 0.3) is 0 Å². The van der Waals surface area contributed by atoms with Crippen LogP contribution < -0.4 is 0 Å². The smallest absolute Gasteiger partial charge is 0.259 e. The van der Waals surface area contributed by atoms with Crippen molar-refractivity contribution in [1.29, 1.82) is 0 Å². The third kappa shape index (κ3) is 2.53. The maximum atomic E-state index is 11.2. The fourth-order valence-electron chi connectivity index (χ4n) is 1.16. The Balaban J connectivity index is 2.19. The molecule has 0 aromatic heterocycles. The third-order valence-electron chi connectivity index (χ3n) is 2.09. The summed E-state index contributed by atoms with van der Waals surface area (Å²) < 4.78 is 2.46. The Labute approximate surface area is 117 Å². The molecule has 0 fully saturated rings. The van der Waals surface area contributed by atoms with E-state index in [0.29, 0.717) is 4.91 Å². The molecule has 2 heterocycles. The maximum absolute atomic E-state index is 11.2. The highest BCUT2D eigenvalue weighted by atomic mass is 35.5. The van der Waals surface area contributed by atoms with Crippen LogP contribution in [-0.2, 0) is 4.79 Å². The maximum Gasteiger partial charge on any atom is 0.259 e. The van der Waals surface area contributed by atoms with Gasteiger partial charge in [0.2, 0.25) is 0 Å². The number of carbonyl (C=O) groups excluding carboxylic acids is 1. The van der Waals surface area contributed by atoms with Gasteiger partial charge in [-0.1, -0.05) is 47.0 Å². The van der Waals surface area contributed by atoms with Crippen LogP contribution in [0.1, 0.15) is 20.8 Å².